The summed E-state index contributed by atoms with van der Waals surface area (Å²) in [5, 5.41) is 3.68. The zero-order valence-electron chi connectivity index (χ0n) is 7.76. The first-order chi connectivity index (χ1) is 5.95. The second kappa shape index (κ2) is 4.08. The van der Waals surface area contributed by atoms with E-state index in [-0.39, 0.29) is 0 Å². The van der Waals surface area contributed by atoms with E-state index in [9.17, 15) is 0 Å². The van der Waals surface area contributed by atoms with E-state index in [1.165, 1.54) is 45.1 Å². The molecule has 68 valence electrons. The van der Waals surface area contributed by atoms with Crippen LogP contribution >= 0.6 is 0 Å². The predicted octanol–water partition coefficient (Wildman–Crippen LogP) is 2.48. The first-order valence-corrected chi connectivity index (χ1v) is 5.33. The van der Waals surface area contributed by atoms with E-state index in [1.807, 2.05) is 0 Å². The van der Waals surface area contributed by atoms with Crippen molar-refractivity contribution in [3.05, 3.63) is 12.2 Å². The topological polar surface area (TPSA) is 12.0 Å². The zero-order valence-corrected chi connectivity index (χ0v) is 7.76. The second-order valence-corrected chi connectivity index (χ2v) is 4.20. The van der Waals surface area contributed by atoms with Gasteiger partial charge in [-0.05, 0) is 38.1 Å². The molecule has 0 spiro atoms. The molecule has 0 radical (unpaired) electrons. The van der Waals surface area contributed by atoms with E-state index in [0.717, 1.165) is 12.0 Å². The molecule has 1 heteroatoms. The van der Waals surface area contributed by atoms with Gasteiger partial charge in [-0.1, -0.05) is 25.0 Å². The van der Waals surface area contributed by atoms with Gasteiger partial charge in [0.05, 0.1) is 0 Å². The van der Waals surface area contributed by atoms with Gasteiger partial charge in [-0.2, -0.15) is 0 Å². The Hall–Kier alpha value is -0.300. The van der Waals surface area contributed by atoms with Crippen LogP contribution in [0.4, 0.5) is 0 Å². The largest absolute Gasteiger partial charge is 0.314 e. The summed E-state index contributed by atoms with van der Waals surface area (Å²) in [6.07, 6.45) is 13.0. The lowest BCUT2D eigenvalue weighted by Crippen LogP contribution is -2.30. The quantitative estimate of drug-likeness (QED) is 0.633. The van der Waals surface area contributed by atoms with Crippen LogP contribution in [0.5, 0.6) is 0 Å². The van der Waals surface area contributed by atoms with Crippen molar-refractivity contribution < 1.29 is 0 Å². The number of hydrogen-bond acceptors (Lipinski definition) is 1. The summed E-state index contributed by atoms with van der Waals surface area (Å²) < 4.78 is 0. The summed E-state index contributed by atoms with van der Waals surface area (Å²) in [7, 11) is 0. The Balaban J connectivity index is 1.61. The minimum atomic E-state index is 0.852. The second-order valence-electron chi connectivity index (χ2n) is 4.20. The van der Waals surface area contributed by atoms with E-state index in [1.54, 1.807) is 0 Å². The molecule has 0 heterocycles. The SMILES string of the molecule is C1=CCC(CNC2CCCC2)C1. The smallest absolute Gasteiger partial charge is 0.00671 e. The van der Waals surface area contributed by atoms with Gasteiger partial charge in [0.15, 0.2) is 0 Å². The molecular formula is C11H19N. The number of rotatable bonds is 3. The van der Waals surface area contributed by atoms with Gasteiger partial charge < -0.3 is 5.32 Å². The Morgan fingerprint density at radius 1 is 1.08 bits per heavy atom. The fraction of sp³-hybridized carbons (Fsp3) is 0.818. The van der Waals surface area contributed by atoms with Crippen LogP contribution in [-0.4, -0.2) is 12.6 Å². The highest BCUT2D eigenvalue weighted by molar-refractivity contribution is 4.95. The molecule has 0 bridgehead atoms. The van der Waals surface area contributed by atoms with Gasteiger partial charge in [-0.3, -0.25) is 0 Å². The summed E-state index contributed by atoms with van der Waals surface area (Å²) in [4.78, 5) is 0. The van der Waals surface area contributed by atoms with E-state index >= 15 is 0 Å². The predicted molar refractivity (Wildman–Crippen MR) is 52.1 cm³/mol. The lowest BCUT2D eigenvalue weighted by atomic mass is 10.1. The van der Waals surface area contributed by atoms with E-state index in [4.69, 9.17) is 0 Å². The third-order valence-corrected chi connectivity index (χ3v) is 3.16. The summed E-state index contributed by atoms with van der Waals surface area (Å²) in [6, 6.07) is 0.852. The highest BCUT2D eigenvalue weighted by atomic mass is 14.9. The molecule has 1 N–H and O–H groups in total. The van der Waals surface area contributed by atoms with Crippen LogP contribution in [0.3, 0.4) is 0 Å². The van der Waals surface area contributed by atoms with Gasteiger partial charge in [0, 0.05) is 6.04 Å². The molecule has 1 fully saturated rings. The fourth-order valence-corrected chi connectivity index (χ4v) is 2.30. The molecule has 12 heavy (non-hydrogen) atoms. The molecule has 0 unspecified atom stereocenters. The maximum atomic E-state index is 3.68. The van der Waals surface area contributed by atoms with Crippen molar-refractivity contribution in [1.29, 1.82) is 0 Å². The zero-order chi connectivity index (χ0) is 8.23. The Morgan fingerprint density at radius 2 is 1.75 bits per heavy atom. The van der Waals surface area contributed by atoms with Gasteiger partial charge in [0.2, 0.25) is 0 Å². The molecule has 1 saturated carbocycles. The average Bonchev–Trinajstić information content (AvgIpc) is 2.74. The van der Waals surface area contributed by atoms with E-state index in [2.05, 4.69) is 17.5 Å². The molecule has 0 aromatic rings. The van der Waals surface area contributed by atoms with Crippen molar-refractivity contribution in [2.24, 2.45) is 5.92 Å². The summed E-state index contributed by atoms with van der Waals surface area (Å²) >= 11 is 0. The van der Waals surface area contributed by atoms with Crippen molar-refractivity contribution >= 4 is 0 Å². The summed E-state index contributed by atoms with van der Waals surface area (Å²) in [5.41, 5.74) is 0. The van der Waals surface area contributed by atoms with Gasteiger partial charge in [0.1, 0.15) is 0 Å². The molecule has 2 rings (SSSR count). The average molecular weight is 165 g/mol. The summed E-state index contributed by atoms with van der Waals surface area (Å²) in [5.74, 6) is 0.908. The Morgan fingerprint density at radius 3 is 2.42 bits per heavy atom. The van der Waals surface area contributed by atoms with Crippen LogP contribution in [0, 0.1) is 5.92 Å². The maximum absolute atomic E-state index is 3.68. The van der Waals surface area contributed by atoms with Gasteiger partial charge in [-0.15, -0.1) is 0 Å². The van der Waals surface area contributed by atoms with Crippen molar-refractivity contribution in [3.63, 3.8) is 0 Å². The molecule has 0 aliphatic heterocycles. The first kappa shape index (κ1) is 8.31. The molecule has 0 saturated heterocycles. The Kier molecular flexibility index (Phi) is 2.83. The molecule has 0 aromatic heterocycles. The highest BCUT2D eigenvalue weighted by Crippen LogP contribution is 2.20. The van der Waals surface area contributed by atoms with Crippen molar-refractivity contribution in [2.75, 3.05) is 6.54 Å². The standard InChI is InChI=1S/C11H19N/c1-2-6-10(5-1)9-12-11-7-3-4-8-11/h1-2,10-12H,3-9H2. The minimum absolute atomic E-state index is 0.852. The van der Waals surface area contributed by atoms with E-state index < -0.39 is 0 Å². The van der Waals surface area contributed by atoms with Crippen LogP contribution in [-0.2, 0) is 0 Å². The third kappa shape index (κ3) is 2.10. The number of nitrogens with one attached hydrogen (secondary N) is 1. The van der Waals surface area contributed by atoms with Crippen molar-refractivity contribution in [1.82, 2.24) is 5.32 Å². The number of hydrogen-bond donors (Lipinski definition) is 1. The van der Waals surface area contributed by atoms with Crippen molar-refractivity contribution in [3.8, 4) is 0 Å². The maximum Gasteiger partial charge on any atom is 0.00671 e. The van der Waals surface area contributed by atoms with Crippen molar-refractivity contribution in [2.45, 2.75) is 44.6 Å². The molecular weight excluding hydrogens is 146 g/mol. The van der Waals surface area contributed by atoms with E-state index in [0.29, 0.717) is 0 Å². The molecule has 1 nitrogen and oxygen atoms in total. The molecule has 0 amide bonds. The van der Waals surface area contributed by atoms with Crippen LogP contribution in [0.25, 0.3) is 0 Å². The molecule has 0 aromatic carbocycles. The third-order valence-electron chi connectivity index (χ3n) is 3.16. The Bertz CT molecular complexity index is 146. The monoisotopic (exact) mass is 165 g/mol. The lowest BCUT2D eigenvalue weighted by Gasteiger charge is -2.15. The van der Waals surface area contributed by atoms with Gasteiger partial charge in [0.25, 0.3) is 0 Å². The lowest BCUT2D eigenvalue weighted by molar-refractivity contribution is 0.442. The Labute approximate surface area is 75.2 Å². The van der Waals surface area contributed by atoms with Crippen LogP contribution in [0.1, 0.15) is 38.5 Å². The van der Waals surface area contributed by atoms with Gasteiger partial charge >= 0.3 is 0 Å². The summed E-state index contributed by atoms with van der Waals surface area (Å²) in [6.45, 7) is 1.25. The molecule has 2 aliphatic rings. The molecule has 2 aliphatic carbocycles. The fourth-order valence-electron chi connectivity index (χ4n) is 2.30. The van der Waals surface area contributed by atoms with Crippen LogP contribution in [0.15, 0.2) is 12.2 Å². The van der Waals surface area contributed by atoms with Gasteiger partial charge in [-0.25, -0.2) is 0 Å². The van der Waals surface area contributed by atoms with Crippen LogP contribution in [0.2, 0.25) is 0 Å². The van der Waals surface area contributed by atoms with Crippen LogP contribution < -0.4 is 5.32 Å². The molecule has 0 atom stereocenters. The minimum Gasteiger partial charge on any atom is -0.314 e. The highest BCUT2D eigenvalue weighted by Gasteiger charge is 2.16. The normalized spacial score (nSPS) is 25.7. The first-order valence-electron chi connectivity index (χ1n) is 5.33. The number of allylic oxidation sites excluding steroid dienone is 2.